The third-order valence-electron chi connectivity index (χ3n) is 2.42. The molecule has 0 saturated heterocycles. The minimum Gasteiger partial charge on any atom is -0.450 e. The zero-order valence-electron chi connectivity index (χ0n) is 10.1. The first-order valence-electron chi connectivity index (χ1n) is 5.83. The van der Waals surface area contributed by atoms with Gasteiger partial charge in [-0.25, -0.2) is 9.78 Å². The lowest BCUT2D eigenvalue weighted by Gasteiger charge is -2.06. The number of nitrogens with one attached hydrogen (secondary N) is 1. The van der Waals surface area contributed by atoms with E-state index >= 15 is 0 Å². The van der Waals surface area contributed by atoms with E-state index < -0.39 is 6.09 Å². The Morgan fingerprint density at radius 2 is 2.39 bits per heavy atom. The van der Waals surface area contributed by atoms with Crippen molar-refractivity contribution in [3.63, 3.8) is 0 Å². The van der Waals surface area contributed by atoms with Crippen LogP contribution < -0.4 is 5.32 Å². The first kappa shape index (κ1) is 12.9. The van der Waals surface area contributed by atoms with E-state index in [0.717, 1.165) is 5.16 Å². The van der Waals surface area contributed by atoms with Crippen molar-refractivity contribution in [2.45, 2.75) is 31.0 Å². The van der Waals surface area contributed by atoms with E-state index in [1.807, 2.05) is 6.20 Å². The van der Waals surface area contributed by atoms with Crippen LogP contribution in [0.15, 0.2) is 17.6 Å². The number of carbonyl (C=O) groups is 2. The van der Waals surface area contributed by atoms with Gasteiger partial charge in [0, 0.05) is 18.4 Å². The molecule has 2 amide bonds. The van der Waals surface area contributed by atoms with Crippen molar-refractivity contribution in [3.05, 3.63) is 12.4 Å². The Bertz CT molecular complexity index is 442. The van der Waals surface area contributed by atoms with Crippen LogP contribution in [0.5, 0.6) is 0 Å². The highest BCUT2D eigenvalue weighted by atomic mass is 32.2. The number of imide groups is 1. The number of thioether (sulfide) groups is 1. The third-order valence-corrected chi connectivity index (χ3v) is 3.40. The van der Waals surface area contributed by atoms with Crippen LogP contribution in [0.2, 0.25) is 0 Å². The van der Waals surface area contributed by atoms with E-state index in [1.165, 1.54) is 24.6 Å². The zero-order chi connectivity index (χ0) is 13.0. The van der Waals surface area contributed by atoms with Gasteiger partial charge < -0.3 is 9.30 Å². The summed E-state index contributed by atoms with van der Waals surface area (Å²) in [7, 11) is 0. The van der Waals surface area contributed by atoms with Crippen molar-refractivity contribution in [2.24, 2.45) is 0 Å². The molecule has 1 aliphatic carbocycles. The summed E-state index contributed by atoms with van der Waals surface area (Å²) < 4.78 is 6.69. The van der Waals surface area contributed by atoms with Gasteiger partial charge in [-0.3, -0.25) is 10.1 Å². The molecule has 98 valence electrons. The standard InChI is InChI=1S/C11H15N3O3S/c1-2-17-11(16)13-9(15)7-18-10-12-5-6-14(10)8-3-4-8/h5-6,8H,2-4,7H2,1H3,(H,13,15,16). The second-order valence-electron chi connectivity index (χ2n) is 3.91. The van der Waals surface area contributed by atoms with Crippen LogP contribution in [0.4, 0.5) is 4.79 Å². The molecule has 1 fully saturated rings. The molecule has 1 aromatic heterocycles. The largest absolute Gasteiger partial charge is 0.450 e. The number of carbonyl (C=O) groups excluding carboxylic acids is 2. The van der Waals surface area contributed by atoms with Gasteiger partial charge in [-0.15, -0.1) is 0 Å². The van der Waals surface area contributed by atoms with Gasteiger partial charge >= 0.3 is 6.09 Å². The summed E-state index contributed by atoms with van der Waals surface area (Å²) >= 11 is 1.32. The highest BCUT2D eigenvalue weighted by Gasteiger charge is 2.25. The molecule has 7 heteroatoms. The summed E-state index contributed by atoms with van der Waals surface area (Å²) in [6, 6.07) is 0.531. The number of imidazole rings is 1. The number of alkyl carbamates (subject to hydrolysis) is 1. The molecule has 6 nitrogen and oxygen atoms in total. The highest BCUT2D eigenvalue weighted by molar-refractivity contribution is 7.99. The fraction of sp³-hybridized carbons (Fsp3) is 0.545. The van der Waals surface area contributed by atoms with Crippen LogP contribution in [0.25, 0.3) is 0 Å². The second-order valence-corrected chi connectivity index (χ2v) is 4.85. The van der Waals surface area contributed by atoms with Gasteiger partial charge in [0.15, 0.2) is 5.16 Å². The molecule has 0 spiro atoms. The molecule has 0 bridgehead atoms. The maximum absolute atomic E-state index is 11.5. The first-order valence-corrected chi connectivity index (χ1v) is 6.81. The quantitative estimate of drug-likeness (QED) is 0.822. The van der Waals surface area contributed by atoms with Crippen LogP contribution >= 0.6 is 11.8 Å². The number of ether oxygens (including phenoxy) is 1. The van der Waals surface area contributed by atoms with Crippen molar-refractivity contribution in [3.8, 4) is 0 Å². The van der Waals surface area contributed by atoms with Crippen molar-refractivity contribution in [2.75, 3.05) is 12.4 Å². The van der Waals surface area contributed by atoms with E-state index in [4.69, 9.17) is 0 Å². The normalized spacial score (nSPS) is 14.3. The number of nitrogens with zero attached hydrogens (tertiary/aromatic N) is 2. The fourth-order valence-electron chi connectivity index (χ4n) is 1.49. The number of hydrogen-bond donors (Lipinski definition) is 1. The number of aromatic nitrogens is 2. The second kappa shape index (κ2) is 5.90. The number of hydrogen-bond acceptors (Lipinski definition) is 5. The Morgan fingerprint density at radius 3 is 3.06 bits per heavy atom. The Labute approximate surface area is 109 Å². The van der Waals surface area contributed by atoms with Crippen LogP contribution in [0, 0.1) is 0 Å². The molecule has 0 radical (unpaired) electrons. The highest BCUT2D eigenvalue weighted by Crippen LogP contribution is 2.37. The van der Waals surface area contributed by atoms with Crippen molar-refractivity contribution in [1.82, 2.24) is 14.9 Å². The summed E-state index contributed by atoms with van der Waals surface area (Å²) in [6.45, 7) is 1.93. The first-order chi connectivity index (χ1) is 8.70. The van der Waals surface area contributed by atoms with E-state index in [2.05, 4.69) is 19.6 Å². The lowest BCUT2D eigenvalue weighted by atomic mass is 10.7. The molecule has 1 aliphatic rings. The average molecular weight is 269 g/mol. The minimum absolute atomic E-state index is 0.155. The fourth-order valence-corrected chi connectivity index (χ4v) is 2.32. The van der Waals surface area contributed by atoms with Crippen LogP contribution in [0.3, 0.4) is 0 Å². The van der Waals surface area contributed by atoms with Crippen LogP contribution in [-0.4, -0.2) is 33.9 Å². The molecule has 0 aliphatic heterocycles. The molecule has 0 atom stereocenters. The molecule has 18 heavy (non-hydrogen) atoms. The maximum Gasteiger partial charge on any atom is 0.413 e. The number of rotatable bonds is 5. The summed E-state index contributed by atoms with van der Waals surface area (Å²) in [5.41, 5.74) is 0. The Morgan fingerprint density at radius 1 is 1.61 bits per heavy atom. The molecular formula is C11H15N3O3S. The predicted molar refractivity (Wildman–Crippen MR) is 66.4 cm³/mol. The van der Waals surface area contributed by atoms with Crippen LogP contribution in [0.1, 0.15) is 25.8 Å². The summed E-state index contributed by atoms with van der Waals surface area (Å²) in [5, 5.41) is 2.97. The van der Waals surface area contributed by atoms with Gasteiger partial charge in [0.05, 0.1) is 12.4 Å². The Kier molecular flexibility index (Phi) is 4.24. The van der Waals surface area contributed by atoms with Gasteiger partial charge in [-0.1, -0.05) is 11.8 Å². The summed E-state index contributed by atoms with van der Waals surface area (Å²) in [6.07, 6.45) is 5.28. The molecule has 1 N–H and O–H groups in total. The molecule has 0 aromatic carbocycles. The molecular weight excluding hydrogens is 254 g/mol. The van der Waals surface area contributed by atoms with Crippen molar-refractivity contribution < 1.29 is 14.3 Å². The average Bonchev–Trinajstić information content (AvgIpc) is 3.06. The molecule has 0 unspecified atom stereocenters. The lowest BCUT2D eigenvalue weighted by molar-refractivity contribution is -0.117. The predicted octanol–water partition coefficient (Wildman–Crippen LogP) is 1.58. The third kappa shape index (κ3) is 3.49. The summed E-state index contributed by atoms with van der Waals surface area (Å²) in [5.74, 6) is -0.216. The van der Waals surface area contributed by atoms with Crippen LogP contribution in [-0.2, 0) is 9.53 Å². The van der Waals surface area contributed by atoms with Gasteiger partial charge in [0.1, 0.15) is 0 Å². The topological polar surface area (TPSA) is 73.2 Å². The van der Waals surface area contributed by atoms with Gasteiger partial charge in [-0.05, 0) is 19.8 Å². The molecule has 1 saturated carbocycles. The molecule has 1 aromatic rings. The lowest BCUT2D eigenvalue weighted by Crippen LogP contribution is -2.32. The maximum atomic E-state index is 11.5. The number of amides is 2. The smallest absolute Gasteiger partial charge is 0.413 e. The van der Waals surface area contributed by atoms with Crippen molar-refractivity contribution in [1.29, 1.82) is 0 Å². The van der Waals surface area contributed by atoms with E-state index in [1.54, 1.807) is 13.1 Å². The van der Waals surface area contributed by atoms with E-state index in [-0.39, 0.29) is 18.3 Å². The Hall–Kier alpha value is -1.50. The SMILES string of the molecule is CCOC(=O)NC(=O)CSc1nccn1C1CC1. The van der Waals surface area contributed by atoms with E-state index in [9.17, 15) is 9.59 Å². The van der Waals surface area contributed by atoms with Gasteiger partial charge in [0.25, 0.3) is 0 Å². The minimum atomic E-state index is -0.700. The molecule has 1 heterocycles. The summed E-state index contributed by atoms with van der Waals surface area (Å²) in [4.78, 5) is 26.7. The monoisotopic (exact) mass is 269 g/mol. The zero-order valence-corrected chi connectivity index (χ0v) is 10.9. The van der Waals surface area contributed by atoms with Gasteiger partial charge in [0.2, 0.25) is 5.91 Å². The van der Waals surface area contributed by atoms with Crippen molar-refractivity contribution >= 4 is 23.8 Å². The molecule has 2 rings (SSSR count). The van der Waals surface area contributed by atoms with Gasteiger partial charge in [-0.2, -0.15) is 0 Å². The Balaban J connectivity index is 1.78. The van der Waals surface area contributed by atoms with E-state index in [0.29, 0.717) is 6.04 Å².